The van der Waals surface area contributed by atoms with E-state index in [-0.39, 0.29) is 6.04 Å². The van der Waals surface area contributed by atoms with E-state index in [1.54, 1.807) is 0 Å². The Bertz CT molecular complexity index is 561. The Balaban J connectivity index is 1.96. The van der Waals surface area contributed by atoms with Crippen LogP contribution < -0.4 is 5.73 Å². The number of thioether (sulfide) groups is 1. The van der Waals surface area contributed by atoms with Crippen LogP contribution in [-0.4, -0.2) is 10.2 Å². The van der Waals surface area contributed by atoms with Gasteiger partial charge in [0.05, 0.1) is 6.04 Å². The average molecular weight is 312 g/mol. The van der Waals surface area contributed by atoms with Crippen LogP contribution in [0.4, 0.5) is 0 Å². The number of hydrogen-bond acceptors (Lipinski definition) is 5. The molecule has 0 radical (unpaired) electrons. The van der Waals surface area contributed by atoms with Crippen LogP contribution >= 0.6 is 23.4 Å². The molecule has 0 bridgehead atoms. The van der Waals surface area contributed by atoms with Crippen molar-refractivity contribution >= 4 is 23.4 Å². The zero-order valence-electron chi connectivity index (χ0n) is 11.5. The van der Waals surface area contributed by atoms with Crippen LogP contribution in [0.2, 0.25) is 5.02 Å². The van der Waals surface area contributed by atoms with Crippen molar-refractivity contribution in [1.29, 1.82) is 0 Å². The summed E-state index contributed by atoms with van der Waals surface area (Å²) in [6.45, 7) is 4.17. The predicted molar refractivity (Wildman–Crippen MR) is 81.7 cm³/mol. The van der Waals surface area contributed by atoms with Crippen molar-refractivity contribution in [3.63, 3.8) is 0 Å². The number of nitrogens with two attached hydrogens (primary N) is 1. The van der Waals surface area contributed by atoms with E-state index in [2.05, 4.69) is 24.0 Å². The maximum atomic E-state index is 6.07. The highest BCUT2D eigenvalue weighted by atomic mass is 35.5. The first kappa shape index (κ1) is 15.4. The molecule has 6 heteroatoms. The van der Waals surface area contributed by atoms with E-state index in [4.69, 9.17) is 21.8 Å². The number of halogens is 1. The van der Waals surface area contributed by atoms with Gasteiger partial charge in [-0.1, -0.05) is 55.8 Å². The highest BCUT2D eigenvalue weighted by Gasteiger charge is 2.19. The number of nitrogens with zero attached hydrogens (tertiary/aromatic N) is 2. The minimum atomic E-state index is -0.201. The molecule has 108 valence electrons. The van der Waals surface area contributed by atoms with Crippen molar-refractivity contribution < 1.29 is 4.42 Å². The van der Waals surface area contributed by atoms with Crippen LogP contribution in [0.25, 0.3) is 0 Å². The molecule has 1 heterocycles. The van der Waals surface area contributed by atoms with Gasteiger partial charge in [-0.15, -0.1) is 10.2 Å². The molecular weight excluding hydrogens is 294 g/mol. The van der Waals surface area contributed by atoms with Crippen molar-refractivity contribution in [2.24, 2.45) is 11.7 Å². The van der Waals surface area contributed by atoms with Gasteiger partial charge in [0.15, 0.2) is 0 Å². The third-order valence-electron chi connectivity index (χ3n) is 3.22. The molecule has 0 amide bonds. The van der Waals surface area contributed by atoms with Crippen LogP contribution in [0.5, 0.6) is 0 Å². The third-order valence-corrected chi connectivity index (χ3v) is 4.34. The zero-order valence-corrected chi connectivity index (χ0v) is 13.1. The highest BCUT2D eigenvalue weighted by molar-refractivity contribution is 7.98. The molecule has 2 atom stereocenters. The molecular formula is C14H18ClN3OS. The fourth-order valence-corrected chi connectivity index (χ4v) is 2.61. The van der Waals surface area contributed by atoms with Crippen molar-refractivity contribution in [3.05, 3.63) is 40.7 Å². The quantitative estimate of drug-likeness (QED) is 0.815. The Morgan fingerprint density at radius 2 is 2.20 bits per heavy atom. The van der Waals surface area contributed by atoms with Gasteiger partial charge in [0.1, 0.15) is 0 Å². The van der Waals surface area contributed by atoms with Crippen LogP contribution in [0.1, 0.15) is 37.8 Å². The Hall–Kier alpha value is -1.04. The van der Waals surface area contributed by atoms with Gasteiger partial charge in [-0.05, 0) is 23.6 Å². The van der Waals surface area contributed by atoms with E-state index in [9.17, 15) is 0 Å². The summed E-state index contributed by atoms with van der Waals surface area (Å²) in [7, 11) is 0. The van der Waals surface area contributed by atoms with Crippen molar-refractivity contribution in [3.8, 4) is 0 Å². The molecule has 0 spiro atoms. The number of benzene rings is 1. The minimum Gasteiger partial charge on any atom is -0.414 e. The van der Waals surface area contributed by atoms with Gasteiger partial charge in [0.25, 0.3) is 5.22 Å². The Morgan fingerprint density at radius 1 is 1.40 bits per heavy atom. The van der Waals surface area contributed by atoms with E-state index in [0.29, 0.717) is 17.0 Å². The van der Waals surface area contributed by atoms with E-state index in [1.807, 2.05) is 24.3 Å². The third kappa shape index (κ3) is 3.98. The van der Waals surface area contributed by atoms with E-state index in [0.717, 1.165) is 22.8 Å². The van der Waals surface area contributed by atoms with Gasteiger partial charge in [-0.2, -0.15) is 0 Å². The van der Waals surface area contributed by atoms with Crippen LogP contribution in [0, 0.1) is 5.92 Å². The Labute approximate surface area is 128 Å². The Kier molecular flexibility index (Phi) is 5.46. The molecule has 0 saturated heterocycles. The molecule has 4 nitrogen and oxygen atoms in total. The van der Waals surface area contributed by atoms with Gasteiger partial charge in [0, 0.05) is 10.8 Å². The van der Waals surface area contributed by atoms with Crippen molar-refractivity contribution in [2.75, 3.05) is 0 Å². The minimum absolute atomic E-state index is 0.201. The predicted octanol–water partition coefficient (Wildman–Crippen LogP) is 4.06. The van der Waals surface area contributed by atoms with Crippen LogP contribution in [0.3, 0.4) is 0 Å². The van der Waals surface area contributed by atoms with Gasteiger partial charge < -0.3 is 10.2 Å². The lowest BCUT2D eigenvalue weighted by Gasteiger charge is -2.13. The summed E-state index contributed by atoms with van der Waals surface area (Å²) >= 11 is 7.43. The van der Waals surface area contributed by atoms with E-state index in [1.165, 1.54) is 11.8 Å². The second kappa shape index (κ2) is 7.11. The van der Waals surface area contributed by atoms with Crippen LogP contribution in [0.15, 0.2) is 33.9 Å². The molecule has 0 aliphatic carbocycles. The van der Waals surface area contributed by atoms with Gasteiger partial charge in [0.2, 0.25) is 5.89 Å². The molecule has 0 aliphatic rings. The Morgan fingerprint density at radius 3 is 2.90 bits per heavy atom. The molecule has 1 aromatic heterocycles. The molecule has 0 saturated carbocycles. The lowest BCUT2D eigenvalue weighted by molar-refractivity contribution is 0.333. The topological polar surface area (TPSA) is 64.9 Å². The summed E-state index contributed by atoms with van der Waals surface area (Å²) in [6, 6.07) is 7.52. The van der Waals surface area contributed by atoms with Gasteiger partial charge in [-0.25, -0.2) is 0 Å². The number of hydrogen-bond donors (Lipinski definition) is 1. The normalized spacial score (nSPS) is 14.2. The number of rotatable bonds is 6. The SMILES string of the molecule is CCC(C)[C@@H](N)c1nnc(SCc2cccc(Cl)c2)o1. The maximum absolute atomic E-state index is 6.07. The standard InChI is InChI=1S/C14H18ClN3OS/c1-3-9(2)12(16)13-17-18-14(19-13)20-8-10-5-4-6-11(15)7-10/h4-7,9,12H,3,8,16H2,1-2H3/t9?,12-/m1/s1. The van der Waals surface area contributed by atoms with E-state index < -0.39 is 0 Å². The zero-order chi connectivity index (χ0) is 14.5. The smallest absolute Gasteiger partial charge is 0.276 e. The fraction of sp³-hybridized carbons (Fsp3) is 0.429. The first-order chi connectivity index (χ1) is 9.60. The van der Waals surface area contributed by atoms with Gasteiger partial charge >= 0.3 is 0 Å². The molecule has 2 aromatic rings. The van der Waals surface area contributed by atoms with Crippen molar-refractivity contribution in [1.82, 2.24) is 10.2 Å². The monoisotopic (exact) mass is 311 g/mol. The second-order valence-electron chi connectivity index (χ2n) is 4.74. The summed E-state index contributed by atoms with van der Waals surface area (Å²) in [5, 5.41) is 9.32. The molecule has 1 aromatic carbocycles. The maximum Gasteiger partial charge on any atom is 0.276 e. The summed E-state index contributed by atoms with van der Waals surface area (Å²) in [4.78, 5) is 0. The summed E-state index contributed by atoms with van der Waals surface area (Å²) in [6.07, 6.45) is 0.981. The largest absolute Gasteiger partial charge is 0.414 e. The average Bonchev–Trinajstić information content (AvgIpc) is 2.92. The highest BCUT2D eigenvalue weighted by Crippen LogP contribution is 2.26. The number of aromatic nitrogens is 2. The molecule has 20 heavy (non-hydrogen) atoms. The molecule has 1 unspecified atom stereocenters. The first-order valence-corrected chi connectivity index (χ1v) is 7.92. The molecule has 0 aliphatic heterocycles. The summed E-state index contributed by atoms with van der Waals surface area (Å²) < 4.78 is 5.60. The molecule has 2 N–H and O–H groups in total. The van der Waals surface area contributed by atoms with Gasteiger partial charge in [-0.3, -0.25) is 0 Å². The fourth-order valence-electron chi connectivity index (χ4n) is 1.68. The van der Waals surface area contributed by atoms with Crippen LogP contribution in [-0.2, 0) is 5.75 Å². The molecule has 0 fully saturated rings. The van der Waals surface area contributed by atoms with E-state index >= 15 is 0 Å². The summed E-state index contributed by atoms with van der Waals surface area (Å²) in [5.74, 6) is 1.56. The first-order valence-electron chi connectivity index (χ1n) is 6.56. The lowest BCUT2D eigenvalue weighted by Crippen LogP contribution is -2.18. The second-order valence-corrected chi connectivity index (χ2v) is 6.10. The molecule has 2 rings (SSSR count). The lowest BCUT2D eigenvalue weighted by atomic mass is 10.0. The summed E-state index contributed by atoms with van der Waals surface area (Å²) in [5.41, 5.74) is 7.19. The van der Waals surface area contributed by atoms with Crippen molar-refractivity contribution in [2.45, 2.75) is 37.3 Å².